The van der Waals surface area contributed by atoms with E-state index in [1.165, 1.54) is 12.1 Å². The van der Waals surface area contributed by atoms with Crippen molar-refractivity contribution in [3.05, 3.63) is 93.9 Å². The summed E-state index contributed by atoms with van der Waals surface area (Å²) >= 11 is 0. The summed E-state index contributed by atoms with van der Waals surface area (Å²) in [6.45, 7) is 0.167. The van der Waals surface area contributed by atoms with Crippen molar-refractivity contribution in [3.63, 3.8) is 0 Å². The number of rotatable bonds is 3. The molecule has 1 heterocycles. The fourth-order valence-electron chi connectivity index (χ4n) is 3.22. The first kappa shape index (κ1) is 19.3. The molecule has 0 spiro atoms. The molecule has 0 radical (unpaired) electrons. The molecule has 0 saturated carbocycles. The number of carboxylic acids is 1. The Kier molecular flexibility index (Phi) is 5.46. The first-order chi connectivity index (χ1) is 12.6. The largest absolute Gasteiger partial charge is 1.00 e. The second-order valence-electron chi connectivity index (χ2n) is 6.04. The van der Waals surface area contributed by atoms with E-state index in [4.69, 9.17) is 0 Å². The van der Waals surface area contributed by atoms with E-state index in [1.54, 1.807) is 24.3 Å². The van der Waals surface area contributed by atoms with Crippen molar-refractivity contribution in [2.45, 2.75) is 6.54 Å². The van der Waals surface area contributed by atoms with E-state index in [0.717, 1.165) is 6.07 Å². The number of para-hydroxylation sites is 2. The molecule has 4 nitrogen and oxygen atoms in total. The van der Waals surface area contributed by atoms with Crippen molar-refractivity contribution < 1.29 is 43.8 Å². The molecule has 0 atom stereocenters. The molecule has 1 aromatic heterocycles. The van der Waals surface area contributed by atoms with E-state index >= 15 is 0 Å². The Bertz CT molecular complexity index is 1170. The van der Waals surface area contributed by atoms with Crippen molar-refractivity contribution >= 4 is 27.8 Å². The number of aromatic carboxylic acids is 1. The molecular formula is C21H13FNNaO3. The Morgan fingerprint density at radius 2 is 1.48 bits per heavy atom. The fraction of sp³-hybridized carbons (Fsp3) is 0.0476. The van der Waals surface area contributed by atoms with Gasteiger partial charge in [0.25, 0.3) is 0 Å². The van der Waals surface area contributed by atoms with Crippen LogP contribution in [-0.2, 0) is 6.54 Å². The van der Waals surface area contributed by atoms with Gasteiger partial charge in [-0.15, -0.1) is 0 Å². The maximum atomic E-state index is 14.4. The third-order valence-electron chi connectivity index (χ3n) is 4.50. The van der Waals surface area contributed by atoms with Gasteiger partial charge in [-0.1, -0.05) is 36.4 Å². The van der Waals surface area contributed by atoms with E-state index < -0.39 is 11.8 Å². The molecule has 27 heavy (non-hydrogen) atoms. The van der Waals surface area contributed by atoms with Gasteiger partial charge in [-0.05, 0) is 30.3 Å². The van der Waals surface area contributed by atoms with Gasteiger partial charge in [0.2, 0.25) is 0 Å². The summed E-state index contributed by atoms with van der Waals surface area (Å²) < 4.78 is 16.3. The van der Waals surface area contributed by atoms with Crippen LogP contribution in [0, 0.1) is 5.82 Å². The number of hydrogen-bond donors (Lipinski definition) is 0. The summed E-state index contributed by atoms with van der Waals surface area (Å²) in [4.78, 5) is 23.6. The van der Waals surface area contributed by atoms with Gasteiger partial charge < -0.3 is 14.5 Å². The predicted octanol–water partition coefficient (Wildman–Crippen LogP) is -0.290. The third-order valence-corrected chi connectivity index (χ3v) is 4.50. The molecular weight excluding hydrogens is 356 g/mol. The van der Waals surface area contributed by atoms with Gasteiger partial charge in [0, 0.05) is 21.9 Å². The Morgan fingerprint density at radius 1 is 0.926 bits per heavy atom. The average molecular weight is 369 g/mol. The van der Waals surface area contributed by atoms with Crippen molar-refractivity contribution in [2.24, 2.45) is 0 Å². The number of carboxylic acid groups (broad SMARTS) is 1. The van der Waals surface area contributed by atoms with E-state index in [0.29, 0.717) is 27.4 Å². The maximum absolute atomic E-state index is 14.4. The zero-order valence-corrected chi connectivity index (χ0v) is 16.6. The number of nitrogens with zero attached hydrogens (tertiary/aromatic N) is 1. The predicted molar refractivity (Wildman–Crippen MR) is 95.5 cm³/mol. The van der Waals surface area contributed by atoms with E-state index in [-0.39, 0.29) is 47.1 Å². The number of aromatic nitrogens is 1. The Balaban J connectivity index is 0.00000210. The molecule has 6 heteroatoms. The number of hydrogen-bond acceptors (Lipinski definition) is 3. The second kappa shape index (κ2) is 7.64. The minimum absolute atomic E-state index is 0. The van der Waals surface area contributed by atoms with E-state index in [9.17, 15) is 19.1 Å². The molecule has 0 N–H and O–H groups in total. The Hall–Kier alpha value is -2.47. The van der Waals surface area contributed by atoms with Gasteiger partial charge in [0.05, 0.1) is 23.5 Å². The summed E-state index contributed by atoms with van der Waals surface area (Å²) in [6, 6.07) is 18.1. The molecule has 4 rings (SSSR count). The quantitative estimate of drug-likeness (QED) is 0.368. The van der Waals surface area contributed by atoms with Crippen LogP contribution in [-0.4, -0.2) is 10.5 Å². The van der Waals surface area contributed by atoms with Crippen molar-refractivity contribution in [1.82, 2.24) is 4.57 Å². The molecule has 128 valence electrons. The minimum Gasteiger partial charge on any atom is -0.545 e. The first-order valence-corrected chi connectivity index (χ1v) is 8.06. The molecule has 0 unspecified atom stereocenters. The number of carbonyl (C=O) groups excluding carboxylic acids is 1. The minimum atomic E-state index is -1.42. The molecule has 4 aromatic rings. The van der Waals surface area contributed by atoms with Crippen LogP contribution in [0.5, 0.6) is 0 Å². The average Bonchev–Trinajstić information content (AvgIpc) is 2.66. The normalized spacial score (nSPS) is 10.7. The molecule has 0 aliphatic rings. The number of fused-ring (bicyclic) bond motifs is 2. The van der Waals surface area contributed by atoms with Crippen LogP contribution in [0.4, 0.5) is 4.39 Å². The molecule has 3 aromatic carbocycles. The van der Waals surface area contributed by atoms with Gasteiger partial charge in [-0.25, -0.2) is 4.39 Å². The first-order valence-electron chi connectivity index (χ1n) is 8.06. The summed E-state index contributed by atoms with van der Waals surface area (Å²) in [7, 11) is 0. The van der Waals surface area contributed by atoms with Gasteiger partial charge >= 0.3 is 29.6 Å². The van der Waals surface area contributed by atoms with Crippen LogP contribution in [0.3, 0.4) is 0 Å². The summed E-state index contributed by atoms with van der Waals surface area (Å²) in [6.07, 6.45) is 0. The second-order valence-corrected chi connectivity index (χ2v) is 6.04. The van der Waals surface area contributed by atoms with E-state index in [1.807, 2.05) is 28.8 Å². The molecule has 0 aliphatic heterocycles. The Morgan fingerprint density at radius 3 is 2.00 bits per heavy atom. The molecule has 0 aliphatic carbocycles. The van der Waals surface area contributed by atoms with Gasteiger partial charge in [-0.3, -0.25) is 4.79 Å². The molecule has 0 fully saturated rings. The van der Waals surface area contributed by atoms with Crippen molar-refractivity contribution in [3.8, 4) is 0 Å². The zero-order valence-electron chi connectivity index (χ0n) is 14.6. The van der Waals surface area contributed by atoms with Crippen LogP contribution in [0.2, 0.25) is 0 Å². The molecule has 0 saturated heterocycles. The van der Waals surface area contributed by atoms with Crippen LogP contribution < -0.4 is 40.1 Å². The number of benzene rings is 3. The van der Waals surface area contributed by atoms with Crippen molar-refractivity contribution in [2.75, 3.05) is 0 Å². The standard InChI is InChI=1S/C21H14FNO3.Na/c22-17-11-13(21(25)26)9-10-14(17)12-23-18-7-3-1-5-15(18)20(24)16-6-2-4-8-19(16)23;/h1-11H,12H2,(H,25,26);/q;+1/p-1. The van der Waals surface area contributed by atoms with E-state index in [2.05, 4.69) is 0 Å². The summed E-state index contributed by atoms with van der Waals surface area (Å²) in [5.41, 5.74) is 1.44. The number of halogens is 1. The Labute approximate surface area is 176 Å². The van der Waals surface area contributed by atoms with Crippen molar-refractivity contribution in [1.29, 1.82) is 0 Å². The van der Waals surface area contributed by atoms with Gasteiger partial charge in [-0.2, -0.15) is 0 Å². The fourth-order valence-corrected chi connectivity index (χ4v) is 3.22. The zero-order chi connectivity index (χ0) is 18.3. The number of carbonyl (C=O) groups is 1. The van der Waals surface area contributed by atoms with Gasteiger partial charge in [0.1, 0.15) is 5.82 Å². The maximum Gasteiger partial charge on any atom is 1.00 e. The molecule has 0 amide bonds. The van der Waals surface area contributed by atoms with Crippen LogP contribution in [0.25, 0.3) is 21.8 Å². The van der Waals surface area contributed by atoms with Crippen LogP contribution in [0.1, 0.15) is 15.9 Å². The monoisotopic (exact) mass is 369 g/mol. The summed E-state index contributed by atoms with van der Waals surface area (Å²) in [5.74, 6) is -2.05. The van der Waals surface area contributed by atoms with Gasteiger partial charge in [0.15, 0.2) is 5.43 Å². The van der Waals surface area contributed by atoms with Crippen LogP contribution in [0.15, 0.2) is 71.5 Å². The molecule has 0 bridgehead atoms. The van der Waals surface area contributed by atoms with Crippen LogP contribution >= 0.6 is 0 Å². The topological polar surface area (TPSA) is 62.1 Å². The number of pyridine rings is 1. The smallest absolute Gasteiger partial charge is 0.545 e. The summed E-state index contributed by atoms with van der Waals surface area (Å²) in [5, 5.41) is 12.0. The SMILES string of the molecule is O=C([O-])c1ccc(Cn2c3ccccc3c(=O)c3ccccc32)c(F)c1.[Na+]. The third kappa shape index (κ3) is 3.41.